The third-order valence-electron chi connectivity index (χ3n) is 4.46. The van der Waals surface area contributed by atoms with Gasteiger partial charge in [-0.05, 0) is 42.8 Å². The molecule has 2 heterocycles. The molecule has 0 aliphatic heterocycles. The largest absolute Gasteiger partial charge is 0.382 e. The molecular weight excluding hydrogens is 509 g/mol. The summed E-state index contributed by atoms with van der Waals surface area (Å²) in [6, 6.07) is 16.0. The highest BCUT2D eigenvalue weighted by Gasteiger charge is 2.16. The lowest BCUT2D eigenvalue weighted by molar-refractivity contribution is 0.721. The third-order valence-corrected chi connectivity index (χ3v) is 5.39. The van der Waals surface area contributed by atoms with Crippen molar-refractivity contribution in [2.24, 2.45) is 4.99 Å². The molecule has 0 atom stereocenters. The maximum atomic E-state index is 9.49. The van der Waals surface area contributed by atoms with Crippen molar-refractivity contribution in [3.63, 3.8) is 0 Å². The average Bonchev–Trinajstić information content (AvgIpc) is 3.38. The number of thiophene rings is 1. The lowest BCUT2D eigenvalue weighted by Crippen LogP contribution is -2.38. The summed E-state index contributed by atoms with van der Waals surface area (Å²) in [4.78, 5) is 5.60. The molecule has 1 aromatic carbocycles. The lowest BCUT2D eigenvalue weighted by Gasteiger charge is -2.11. The lowest BCUT2D eigenvalue weighted by atomic mass is 10.1. The molecule has 30 heavy (non-hydrogen) atoms. The Bertz CT molecular complexity index is 975. The van der Waals surface area contributed by atoms with Gasteiger partial charge in [0.25, 0.3) is 0 Å². The van der Waals surface area contributed by atoms with Gasteiger partial charge >= 0.3 is 0 Å². The Balaban J connectivity index is 0.00000320. The first-order valence-corrected chi connectivity index (χ1v) is 10.4. The standard InChI is InChI=1S/C21H25N7S.HI/c1-24-21(26-13-11-17-9-6-14-29-17)25-12-5-10-19-18(15-22)20(23)28(27-19)16-7-3-2-4-8-16;/h2-4,6-9,14H,5,10-13,23H2,1H3,(H2,24,25,26);1H. The van der Waals surface area contributed by atoms with Crippen LogP contribution in [0.25, 0.3) is 5.69 Å². The monoisotopic (exact) mass is 535 g/mol. The number of aryl methyl sites for hydroxylation is 1. The minimum Gasteiger partial charge on any atom is -0.382 e. The van der Waals surface area contributed by atoms with Crippen LogP contribution in [-0.4, -0.2) is 35.9 Å². The van der Waals surface area contributed by atoms with Crippen LogP contribution in [0.4, 0.5) is 5.82 Å². The van der Waals surface area contributed by atoms with Crippen molar-refractivity contribution >= 4 is 47.1 Å². The molecule has 4 N–H and O–H groups in total. The van der Waals surface area contributed by atoms with Crippen molar-refractivity contribution < 1.29 is 0 Å². The molecule has 0 saturated heterocycles. The third kappa shape index (κ3) is 6.21. The highest BCUT2D eigenvalue weighted by molar-refractivity contribution is 14.0. The fourth-order valence-electron chi connectivity index (χ4n) is 2.98. The molecule has 0 spiro atoms. The molecule has 3 aromatic rings. The van der Waals surface area contributed by atoms with E-state index >= 15 is 0 Å². The fraction of sp³-hybridized carbons (Fsp3) is 0.286. The van der Waals surface area contributed by atoms with E-state index in [9.17, 15) is 5.26 Å². The molecule has 0 bridgehead atoms. The van der Waals surface area contributed by atoms with Crippen molar-refractivity contribution in [2.75, 3.05) is 25.9 Å². The Morgan fingerprint density at radius 2 is 1.93 bits per heavy atom. The van der Waals surface area contributed by atoms with E-state index in [0.29, 0.717) is 17.8 Å². The van der Waals surface area contributed by atoms with Crippen LogP contribution in [0.2, 0.25) is 0 Å². The molecule has 158 valence electrons. The van der Waals surface area contributed by atoms with E-state index in [-0.39, 0.29) is 24.0 Å². The number of guanidine groups is 1. The summed E-state index contributed by atoms with van der Waals surface area (Å²) in [6.45, 7) is 1.55. The molecule has 9 heteroatoms. The van der Waals surface area contributed by atoms with Crippen LogP contribution in [-0.2, 0) is 12.8 Å². The molecule has 3 rings (SSSR count). The van der Waals surface area contributed by atoms with Gasteiger partial charge in [-0.25, -0.2) is 4.68 Å². The van der Waals surface area contributed by atoms with Crippen LogP contribution in [0, 0.1) is 11.3 Å². The average molecular weight is 535 g/mol. The molecule has 0 aliphatic rings. The predicted molar refractivity (Wildman–Crippen MR) is 134 cm³/mol. The first-order valence-electron chi connectivity index (χ1n) is 9.52. The summed E-state index contributed by atoms with van der Waals surface area (Å²) >= 11 is 1.76. The predicted octanol–water partition coefficient (Wildman–Crippen LogP) is 3.35. The second-order valence-electron chi connectivity index (χ2n) is 6.42. The van der Waals surface area contributed by atoms with Crippen LogP contribution in [0.1, 0.15) is 22.6 Å². The number of nitriles is 1. The summed E-state index contributed by atoms with van der Waals surface area (Å²) in [5.74, 6) is 1.16. The molecule has 0 radical (unpaired) electrons. The van der Waals surface area contributed by atoms with Crippen molar-refractivity contribution in [1.29, 1.82) is 5.26 Å². The van der Waals surface area contributed by atoms with E-state index in [0.717, 1.165) is 43.3 Å². The molecule has 7 nitrogen and oxygen atoms in total. The number of nitrogens with two attached hydrogens (primary N) is 1. The SMILES string of the molecule is CN=C(NCCCc1nn(-c2ccccc2)c(N)c1C#N)NCCc1cccs1.I. The van der Waals surface area contributed by atoms with E-state index in [1.54, 1.807) is 23.1 Å². The summed E-state index contributed by atoms with van der Waals surface area (Å²) in [5.41, 5.74) is 8.17. The Labute approximate surface area is 198 Å². The normalized spacial score (nSPS) is 10.9. The van der Waals surface area contributed by atoms with Gasteiger partial charge in [-0.3, -0.25) is 4.99 Å². The van der Waals surface area contributed by atoms with Gasteiger partial charge in [-0.15, -0.1) is 35.3 Å². The molecule has 0 saturated carbocycles. The van der Waals surface area contributed by atoms with Gasteiger partial charge < -0.3 is 16.4 Å². The van der Waals surface area contributed by atoms with Crippen molar-refractivity contribution in [3.8, 4) is 11.8 Å². The van der Waals surface area contributed by atoms with E-state index in [2.05, 4.69) is 44.3 Å². The quantitative estimate of drug-likeness (QED) is 0.178. The maximum absolute atomic E-state index is 9.49. The zero-order valence-electron chi connectivity index (χ0n) is 16.8. The Morgan fingerprint density at radius 3 is 2.60 bits per heavy atom. The number of nitrogen functional groups attached to an aromatic ring is 1. The Morgan fingerprint density at radius 1 is 1.17 bits per heavy atom. The van der Waals surface area contributed by atoms with E-state index in [1.165, 1.54) is 4.88 Å². The number of hydrogen-bond donors (Lipinski definition) is 3. The topological polar surface area (TPSA) is 104 Å². The molecule has 0 unspecified atom stereocenters. The van der Waals surface area contributed by atoms with Crippen molar-refractivity contribution in [2.45, 2.75) is 19.3 Å². The van der Waals surface area contributed by atoms with Gasteiger partial charge in [0.1, 0.15) is 17.5 Å². The Kier molecular flexibility index (Phi) is 9.63. The van der Waals surface area contributed by atoms with Gasteiger partial charge in [-0.1, -0.05) is 24.3 Å². The van der Waals surface area contributed by atoms with Gasteiger partial charge in [0, 0.05) is 25.0 Å². The van der Waals surface area contributed by atoms with Crippen LogP contribution >= 0.6 is 35.3 Å². The number of benzene rings is 1. The molecular formula is C21H26IN7S. The van der Waals surface area contributed by atoms with E-state index in [1.807, 2.05) is 30.3 Å². The highest BCUT2D eigenvalue weighted by atomic mass is 127. The summed E-state index contributed by atoms with van der Waals surface area (Å²) in [7, 11) is 1.76. The zero-order valence-corrected chi connectivity index (χ0v) is 20.0. The van der Waals surface area contributed by atoms with Gasteiger partial charge in [0.05, 0.1) is 11.4 Å². The molecule has 0 aliphatic carbocycles. The minimum absolute atomic E-state index is 0. The van der Waals surface area contributed by atoms with E-state index in [4.69, 9.17) is 5.73 Å². The number of hydrogen-bond acceptors (Lipinski definition) is 5. The van der Waals surface area contributed by atoms with Crippen LogP contribution in [0.5, 0.6) is 0 Å². The van der Waals surface area contributed by atoms with Crippen molar-refractivity contribution in [3.05, 3.63) is 64.0 Å². The number of aromatic nitrogens is 2. The van der Waals surface area contributed by atoms with Gasteiger partial charge in [0.2, 0.25) is 0 Å². The summed E-state index contributed by atoms with van der Waals surface area (Å²) < 4.78 is 1.63. The number of anilines is 1. The van der Waals surface area contributed by atoms with Crippen LogP contribution < -0.4 is 16.4 Å². The first kappa shape index (κ1) is 23.7. The molecule has 2 aromatic heterocycles. The number of nitrogens with zero attached hydrogens (tertiary/aromatic N) is 4. The molecule has 0 amide bonds. The number of aliphatic imine (C=N–C) groups is 1. The zero-order chi connectivity index (χ0) is 20.5. The Hall–Kier alpha value is -2.58. The second-order valence-corrected chi connectivity index (χ2v) is 7.46. The maximum Gasteiger partial charge on any atom is 0.190 e. The van der Waals surface area contributed by atoms with Gasteiger partial charge in [0.15, 0.2) is 5.96 Å². The van der Waals surface area contributed by atoms with E-state index < -0.39 is 0 Å². The summed E-state index contributed by atoms with van der Waals surface area (Å²) in [6.07, 6.45) is 2.44. The highest BCUT2D eigenvalue weighted by Crippen LogP contribution is 2.21. The first-order chi connectivity index (χ1) is 14.2. The van der Waals surface area contributed by atoms with Gasteiger partial charge in [-0.2, -0.15) is 10.4 Å². The second kappa shape index (κ2) is 12.2. The number of halogens is 1. The van der Waals surface area contributed by atoms with Crippen LogP contribution in [0.3, 0.4) is 0 Å². The number of rotatable bonds is 8. The number of para-hydroxylation sites is 1. The summed E-state index contributed by atoms with van der Waals surface area (Å²) in [5, 5.41) is 22.8. The van der Waals surface area contributed by atoms with Crippen molar-refractivity contribution in [1.82, 2.24) is 20.4 Å². The minimum atomic E-state index is 0. The van der Waals surface area contributed by atoms with Crippen LogP contribution in [0.15, 0.2) is 52.8 Å². The smallest absolute Gasteiger partial charge is 0.190 e. The fourth-order valence-corrected chi connectivity index (χ4v) is 3.69. The molecule has 0 fully saturated rings. The number of nitrogens with one attached hydrogen (secondary N) is 2.